The lowest BCUT2D eigenvalue weighted by atomic mass is 10.1. The van der Waals surface area contributed by atoms with Gasteiger partial charge in [-0.15, -0.1) is 0 Å². The highest BCUT2D eigenvalue weighted by Gasteiger charge is 2.33. The average molecular weight is 528 g/mol. The van der Waals surface area contributed by atoms with Crippen LogP contribution < -0.4 is 15.9 Å². The Hall–Kier alpha value is -3.31. The summed E-state index contributed by atoms with van der Waals surface area (Å²) in [6.07, 6.45) is 9.71. The van der Waals surface area contributed by atoms with Crippen molar-refractivity contribution < 1.29 is 23.6 Å². The van der Waals surface area contributed by atoms with Crippen LogP contribution in [0.2, 0.25) is 0 Å². The molecule has 3 unspecified atom stereocenters. The Kier molecular flexibility index (Phi) is 7.25. The van der Waals surface area contributed by atoms with Crippen LogP contribution in [0.15, 0.2) is 55.1 Å². The maximum absolute atomic E-state index is 12.9. The van der Waals surface area contributed by atoms with Crippen LogP contribution in [0.4, 0.5) is 11.5 Å². The maximum atomic E-state index is 12.9. The van der Waals surface area contributed by atoms with Crippen molar-refractivity contribution in [1.82, 2.24) is 24.6 Å². The molecule has 37 heavy (non-hydrogen) atoms. The number of rotatable bonds is 11. The van der Waals surface area contributed by atoms with Crippen LogP contribution in [0.5, 0.6) is 0 Å². The first-order valence-corrected chi connectivity index (χ1v) is 13.8. The van der Waals surface area contributed by atoms with Crippen molar-refractivity contribution in [3.63, 3.8) is 0 Å². The number of anilines is 2. The number of nitrogens with two attached hydrogens (primary N) is 1. The summed E-state index contributed by atoms with van der Waals surface area (Å²) in [6.45, 7) is 2.06. The topological polar surface area (TPSA) is 158 Å². The number of hydrogen-bond acceptors (Lipinski definition) is 9. The zero-order valence-corrected chi connectivity index (χ0v) is 21.3. The number of carbonyl (C=O) groups excluding carboxylic acids is 1. The van der Waals surface area contributed by atoms with Gasteiger partial charge >= 0.3 is 7.75 Å². The first kappa shape index (κ1) is 25.3. The van der Waals surface area contributed by atoms with Gasteiger partial charge in [0.05, 0.1) is 31.3 Å². The van der Waals surface area contributed by atoms with Gasteiger partial charge in [-0.3, -0.25) is 19.2 Å². The maximum Gasteiger partial charge on any atom is 0.432 e. The lowest BCUT2D eigenvalue weighted by Crippen LogP contribution is -2.45. The van der Waals surface area contributed by atoms with E-state index in [1.165, 1.54) is 11.4 Å². The summed E-state index contributed by atoms with van der Waals surface area (Å²) in [5.41, 5.74) is 7.69. The van der Waals surface area contributed by atoms with Gasteiger partial charge < -0.3 is 15.2 Å². The molecule has 0 spiro atoms. The Balaban J connectivity index is 1.16. The van der Waals surface area contributed by atoms with Crippen molar-refractivity contribution in [3.05, 3.63) is 55.1 Å². The number of hydrogen-bond donors (Lipinski definition) is 3. The minimum absolute atomic E-state index is 0.0419. The monoisotopic (exact) mass is 527 g/mol. The fraction of sp³-hybridized carbons (Fsp3) is 0.417. The number of amides is 1. The van der Waals surface area contributed by atoms with Gasteiger partial charge in [-0.25, -0.2) is 24.6 Å². The standard InChI is InChI=1S/C24H30N7O5P/c1-16(31(35-12-17-7-8-17)19-5-3-2-4-6-19)24(32)29-37(33,34)36-13-18-9-10-20(11-18)30-15-28-21-22(25)26-14-27-23(21)30/h2-6,9-10,14-18,20H,7-8,11-13H2,1H3,(H2,25,26,27)(H2,29,32,33,34)/t16-,18?,20?/m0/s1. The van der Waals surface area contributed by atoms with E-state index in [0.29, 0.717) is 41.6 Å². The van der Waals surface area contributed by atoms with Gasteiger partial charge in [0.25, 0.3) is 5.91 Å². The van der Waals surface area contributed by atoms with E-state index in [1.807, 2.05) is 47.1 Å². The molecule has 1 fully saturated rings. The summed E-state index contributed by atoms with van der Waals surface area (Å²) < 4.78 is 19.9. The van der Waals surface area contributed by atoms with E-state index in [0.717, 1.165) is 12.8 Å². The molecule has 1 aromatic carbocycles. The third kappa shape index (κ3) is 5.99. The lowest BCUT2D eigenvalue weighted by molar-refractivity contribution is -0.122. The van der Waals surface area contributed by atoms with E-state index < -0.39 is 19.7 Å². The van der Waals surface area contributed by atoms with E-state index in [2.05, 4.69) is 20.0 Å². The number of carbonyl (C=O) groups is 1. The van der Waals surface area contributed by atoms with E-state index in [4.69, 9.17) is 15.1 Å². The first-order valence-electron chi connectivity index (χ1n) is 12.2. The van der Waals surface area contributed by atoms with Crippen LogP contribution in [-0.4, -0.2) is 49.6 Å². The van der Waals surface area contributed by atoms with E-state index in [1.54, 1.807) is 13.3 Å². The van der Waals surface area contributed by atoms with Crippen LogP contribution in [0.3, 0.4) is 0 Å². The number of nitrogens with zero attached hydrogens (tertiary/aromatic N) is 5. The minimum Gasteiger partial charge on any atom is -0.382 e. The lowest BCUT2D eigenvalue weighted by Gasteiger charge is -2.29. The predicted molar refractivity (Wildman–Crippen MR) is 137 cm³/mol. The molecule has 4 N–H and O–H groups in total. The molecule has 4 atom stereocenters. The van der Waals surface area contributed by atoms with Crippen molar-refractivity contribution >= 4 is 36.3 Å². The Labute approximate surface area is 214 Å². The molecule has 2 heterocycles. The number of nitrogen functional groups attached to an aromatic ring is 1. The molecule has 3 aromatic rings. The molecular formula is C24H30N7O5P. The number of imidazole rings is 1. The number of fused-ring (bicyclic) bond motifs is 1. The van der Waals surface area contributed by atoms with Gasteiger partial charge in [0.2, 0.25) is 0 Å². The third-order valence-corrected chi connectivity index (χ3v) is 7.50. The van der Waals surface area contributed by atoms with Crippen molar-refractivity contribution in [3.8, 4) is 0 Å². The highest BCUT2D eigenvalue weighted by molar-refractivity contribution is 7.51. The number of nitrogens with one attached hydrogen (secondary N) is 1. The van der Waals surface area contributed by atoms with E-state index >= 15 is 0 Å². The summed E-state index contributed by atoms with van der Waals surface area (Å²) >= 11 is 0. The van der Waals surface area contributed by atoms with Gasteiger partial charge in [0.15, 0.2) is 11.5 Å². The smallest absolute Gasteiger partial charge is 0.382 e. The van der Waals surface area contributed by atoms with E-state index in [9.17, 15) is 14.3 Å². The fourth-order valence-electron chi connectivity index (χ4n) is 4.22. The predicted octanol–water partition coefficient (Wildman–Crippen LogP) is 3.00. The molecule has 0 bridgehead atoms. The molecule has 2 aliphatic rings. The number of para-hydroxylation sites is 1. The van der Waals surface area contributed by atoms with Crippen LogP contribution in [-0.2, 0) is 18.7 Å². The summed E-state index contributed by atoms with van der Waals surface area (Å²) in [6, 6.07) is 8.25. The van der Waals surface area contributed by atoms with Crippen molar-refractivity contribution in [2.24, 2.45) is 11.8 Å². The average Bonchev–Trinajstić information content (AvgIpc) is 3.41. The summed E-state index contributed by atoms with van der Waals surface area (Å²) in [7, 11) is -4.41. The van der Waals surface area contributed by atoms with Gasteiger partial charge in [0, 0.05) is 5.92 Å². The first-order chi connectivity index (χ1) is 17.8. The molecule has 1 saturated carbocycles. The number of aromatic nitrogens is 4. The van der Waals surface area contributed by atoms with Crippen LogP contribution in [0.25, 0.3) is 11.2 Å². The third-order valence-electron chi connectivity index (χ3n) is 6.50. The van der Waals surface area contributed by atoms with Gasteiger partial charge in [-0.1, -0.05) is 30.4 Å². The highest BCUT2D eigenvalue weighted by Crippen LogP contribution is 2.40. The zero-order valence-electron chi connectivity index (χ0n) is 20.4. The molecule has 0 aliphatic heterocycles. The Morgan fingerprint density at radius 3 is 2.78 bits per heavy atom. The highest BCUT2D eigenvalue weighted by atomic mass is 31.2. The normalized spacial score (nSPS) is 21.6. The molecule has 0 radical (unpaired) electrons. The van der Waals surface area contributed by atoms with Crippen molar-refractivity contribution in [2.75, 3.05) is 24.0 Å². The molecule has 2 aliphatic carbocycles. The molecule has 196 valence electrons. The quantitative estimate of drug-likeness (QED) is 0.192. The summed E-state index contributed by atoms with van der Waals surface area (Å²) in [5, 5.41) is 3.64. The Morgan fingerprint density at radius 2 is 2.03 bits per heavy atom. The second kappa shape index (κ2) is 10.6. The van der Waals surface area contributed by atoms with Crippen molar-refractivity contribution in [2.45, 2.75) is 38.3 Å². The Bertz CT molecular complexity index is 1330. The molecule has 13 heteroatoms. The van der Waals surface area contributed by atoms with Gasteiger partial charge in [0.1, 0.15) is 17.9 Å². The van der Waals surface area contributed by atoms with Crippen LogP contribution in [0, 0.1) is 11.8 Å². The second-order valence-corrected chi connectivity index (χ2v) is 10.9. The van der Waals surface area contributed by atoms with Gasteiger partial charge in [-0.05, 0) is 44.2 Å². The number of benzene rings is 1. The summed E-state index contributed by atoms with van der Waals surface area (Å²) in [4.78, 5) is 41.7. The molecule has 0 saturated heterocycles. The molecule has 2 aromatic heterocycles. The largest absolute Gasteiger partial charge is 0.432 e. The SMILES string of the molecule is C[C@@H](C(=O)NP(=O)(O)OCC1C=CC(n2cnc3c(N)ncnc32)C1)N(OCC1CC1)c1ccccc1. The molecular weight excluding hydrogens is 497 g/mol. The van der Waals surface area contributed by atoms with Crippen LogP contribution in [0.1, 0.15) is 32.2 Å². The Morgan fingerprint density at radius 1 is 1.24 bits per heavy atom. The zero-order chi connectivity index (χ0) is 26.0. The van der Waals surface area contributed by atoms with Gasteiger partial charge in [-0.2, -0.15) is 0 Å². The second-order valence-electron chi connectivity index (χ2n) is 9.40. The number of allylic oxidation sites excluding steroid dienone is 1. The molecule has 1 amide bonds. The molecule has 5 rings (SSSR count). The minimum atomic E-state index is -4.41. The summed E-state index contributed by atoms with van der Waals surface area (Å²) in [5.74, 6) is -0.0330. The van der Waals surface area contributed by atoms with Crippen LogP contribution >= 0.6 is 7.75 Å². The fourth-order valence-corrected chi connectivity index (χ4v) is 5.14. The van der Waals surface area contributed by atoms with Crippen molar-refractivity contribution in [1.29, 1.82) is 0 Å². The number of hydroxylamine groups is 1. The van der Waals surface area contributed by atoms with E-state index in [-0.39, 0.29) is 18.6 Å². The molecule has 12 nitrogen and oxygen atoms in total.